The van der Waals surface area contributed by atoms with Gasteiger partial charge in [-0.1, -0.05) is 42.0 Å². The fourth-order valence-electron chi connectivity index (χ4n) is 3.01. The van der Waals surface area contributed by atoms with Gasteiger partial charge in [0.15, 0.2) is 0 Å². The summed E-state index contributed by atoms with van der Waals surface area (Å²) in [5, 5.41) is 14.8. The molecule has 0 spiro atoms. The maximum absolute atomic E-state index is 13.0. The third-order valence-corrected chi connectivity index (χ3v) is 4.58. The molecule has 0 bridgehead atoms. The molecule has 4 rings (SSSR count). The second-order valence-electron chi connectivity index (χ2n) is 6.55. The molecule has 0 saturated carbocycles. The van der Waals surface area contributed by atoms with Gasteiger partial charge in [0.2, 0.25) is 0 Å². The van der Waals surface area contributed by atoms with Crippen LogP contribution < -0.4 is 5.56 Å². The highest BCUT2D eigenvalue weighted by atomic mass is 19.1. The number of benzene rings is 2. The van der Waals surface area contributed by atoms with Gasteiger partial charge in [0.25, 0.3) is 5.56 Å². The van der Waals surface area contributed by atoms with Crippen LogP contribution in [0, 0.1) is 12.7 Å². The minimum absolute atomic E-state index is 0.0754. The maximum atomic E-state index is 13.0. The predicted octanol–water partition coefficient (Wildman–Crippen LogP) is 3.34. The van der Waals surface area contributed by atoms with Crippen molar-refractivity contribution >= 4 is 5.52 Å². The van der Waals surface area contributed by atoms with Crippen molar-refractivity contribution in [2.24, 2.45) is 0 Å². The molecule has 0 aliphatic heterocycles. The lowest BCUT2D eigenvalue weighted by Crippen LogP contribution is -2.24. The van der Waals surface area contributed by atoms with E-state index in [9.17, 15) is 14.3 Å². The van der Waals surface area contributed by atoms with Crippen LogP contribution in [0.15, 0.2) is 71.8 Å². The van der Waals surface area contributed by atoms with Gasteiger partial charge in [-0.3, -0.25) is 4.79 Å². The number of halogens is 1. The Balaban J connectivity index is 1.66. The largest absolute Gasteiger partial charge is 0.387 e. The first-order valence-electron chi connectivity index (χ1n) is 8.61. The summed E-state index contributed by atoms with van der Waals surface area (Å²) in [7, 11) is 0. The van der Waals surface area contributed by atoms with E-state index in [4.69, 9.17) is 0 Å². The number of aromatic nitrogens is 3. The summed E-state index contributed by atoms with van der Waals surface area (Å²) in [6, 6.07) is 15.3. The summed E-state index contributed by atoms with van der Waals surface area (Å²) in [6.07, 6.45) is 2.37. The van der Waals surface area contributed by atoms with Gasteiger partial charge in [-0.25, -0.2) is 8.91 Å². The topological polar surface area (TPSA) is 59.5 Å². The number of nitrogens with zero attached hydrogens (tertiary/aromatic N) is 3. The van der Waals surface area contributed by atoms with Crippen LogP contribution in [0.2, 0.25) is 0 Å². The fraction of sp³-hybridized carbons (Fsp3) is 0.143. The summed E-state index contributed by atoms with van der Waals surface area (Å²) >= 11 is 0. The average molecular weight is 363 g/mol. The summed E-state index contributed by atoms with van der Waals surface area (Å²) in [6.45, 7) is 2.09. The molecule has 0 unspecified atom stereocenters. The lowest BCUT2D eigenvalue weighted by Gasteiger charge is -2.13. The van der Waals surface area contributed by atoms with Gasteiger partial charge in [0.1, 0.15) is 11.3 Å². The summed E-state index contributed by atoms with van der Waals surface area (Å²) in [4.78, 5) is 12.8. The van der Waals surface area contributed by atoms with Gasteiger partial charge in [-0.2, -0.15) is 5.10 Å². The quantitative estimate of drug-likeness (QED) is 0.605. The first kappa shape index (κ1) is 17.2. The van der Waals surface area contributed by atoms with Crippen LogP contribution in [0.5, 0.6) is 0 Å². The Bertz CT molecular complexity index is 1140. The molecule has 1 N–H and O–H groups in total. The van der Waals surface area contributed by atoms with Gasteiger partial charge in [-0.05, 0) is 30.7 Å². The molecule has 136 valence electrons. The van der Waals surface area contributed by atoms with Crippen LogP contribution in [-0.4, -0.2) is 19.3 Å². The Morgan fingerprint density at radius 2 is 1.78 bits per heavy atom. The van der Waals surface area contributed by atoms with Crippen molar-refractivity contribution in [3.05, 3.63) is 94.3 Å². The molecule has 6 heteroatoms. The predicted molar refractivity (Wildman–Crippen MR) is 101 cm³/mol. The third-order valence-electron chi connectivity index (χ3n) is 4.58. The molecule has 2 heterocycles. The van der Waals surface area contributed by atoms with Gasteiger partial charge >= 0.3 is 0 Å². The van der Waals surface area contributed by atoms with E-state index in [1.165, 1.54) is 33.3 Å². The number of hydrogen-bond donors (Lipinski definition) is 1. The summed E-state index contributed by atoms with van der Waals surface area (Å²) in [5.41, 5.74) is 3.53. The zero-order valence-corrected chi connectivity index (χ0v) is 14.7. The van der Waals surface area contributed by atoms with Crippen LogP contribution in [0.4, 0.5) is 4.39 Å². The lowest BCUT2D eigenvalue weighted by atomic mass is 10.1. The van der Waals surface area contributed by atoms with E-state index >= 15 is 0 Å². The van der Waals surface area contributed by atoms with E-state index in [2.05, 4.69) is 5.10 Å². The minimum Gasteiger partial charge on any atom is -0.387 e. The molecule has 5 nitrogen and oxygen atoms in total. The van der Waals surface area contributed by atoms with E-state index < -0.39 is 6.10 Å². The number of aliphatic hydroxyl groups excluding tert-OH is 1. The van der Waals surface area contributed by atoms with Crippen molar-refractivity contribution in [3.63, 3.8) is 0 Å². The molecular weight excluding hydrogens is 345 g/mol. The molecule has 0 fully saturated rings. The van der Waals surface area contributed by atoms with Gasteiger partial charge in [0, 0.05) is 18.0 Å². The molecule has 27 heavy (non-hydrogen) atoms. The summed E-state index contributed by atoms with van der Waals surface area (Å²) in [5.74, 6) is -0.368. The standard InChI is InChI=1S/C21H18FN3O2/c1-14-2-4-15(5-3-14)18-12-19-21(27)24(10-11-25(19)23-18)13-20(26)16-6-8-17(22)9-7-16/h2-12,20,26H,13H2,1H3/t20-/m1/s1. The van der Waals surface area contributed by atoms with Crippen molar-refractivity contribution in [2.45, 2.75) is 19.6 Å². The van der Waals surface area contributed by atoms with Crippen molar-refractivity contribution in [1.29, 1.82) is 0 Å². The van der Waals surface area contributed by atoms with Crippen LogP contribution in [-0.2, 0) is 6.54 Å². The minimum atomic E-state index is -0.912. The molecule has 0 aliphatic rings. The Kier molecular flexibility index (Phi) is 4.33. The second kappa shape index (κ2) is 6.81. The molecule has 2 aromatic carbocycles. The van der Waals surface area contributed by atoms with Gasteiger partial charge in [0.05, 0.1) is 18.3 Å². The second-order valence-corrected chi connectivity index (χ2v) is 6.55. The van der Waals surface area contributed by atoms with E-state index in [0.717, 1.165) is 11.1 Å². The highest BCUT2D eigenvalue weighted by Crippen LogP contribution is 2.19. The van der Waals surface area contributed by atoms with E-state index in [0.29, 0.717) is 16.8 Å². The van der Waals surface area contributed by atoms with Crippen LogP contribution >= 0.6 is 0 Å². The van der Waals surface area contributed by atoms with Gasteiger partial charge < -0.3 is 9.67 Å². The number of rotatable bonds is 4. The number of fused-ring (bicyclic) bond motifs is 1. The third kappa shape index (κ3) is 3.39. The molecular formula is C21H18FN3O2. The average Bonchev–Trinajstić information content (AvgIpc) is 3.10. The van der Waals surface area contributed by atoms with E-state index in [1.54, 1.807) is 18.5 Å². The van der Waals surface area contributed by atoms with Crippen molar-refractivity contribution < 1.29 is 9.50 Å². The zero-order chi connectivity index (χ0) is 19.0. The number of hydrogen-bond acceptors (Lipinski definition) is 3. The Hall–Kier alpha value is -3.25. The Labute approximate surface area is 154 Å². The maximum Gasteiger partial charge on any atom is 0.276 e. The van der Waals surface area contributed by atoms with Crippen molar-refractivity contribution in [2.75, 3.05) is 0 Å². The highest BCUT2D eigenvalue weighted by molar-refractivity contribution is 5.65. The Morgan fingerprint density at radius 1 is 1.07 bits per heavy atom. The van der Waals surface area contributed by atoms with E-state index in [-0.39, 0.29) is 17.9 Å². The molecule has 2 aromatic heterocycles. The van der Waals surface area contributed by atoms with Crippen LogP contribution in [0.25, 0.3) is 16.8 Å². The summed E-state index contributed by atoms with van der Waals surface area (Å²) < 4.78 is 16.0. The molecule has 0 aliphatic carbocycles. The van der Waals surface area contributed by atoms with Crippen molar-refractivity contribution in [3.8, 4) is 11.3 Å². The molecule has 0 amide bonds. The first-order valence-corrected chi connectivity index (χ1v) is 8.61. The van der Waals surface area contributed by atoms with Gasteiger partial charge in [-0.15, -0.1) is 0 Å². The Morgan fingerprint density at radius 3 is 2.48 bits per heavy atom. The van der Waals surface area contributed by atoms with Crippen LogP contribution in [0.3, 0.4) is 0 Å². The van der Waals surface area contributed by atoms with E-state index in [1.807, 2.05) is 31.2 Å². The molecule has 0 saturated heterocycles. The normalized spacial score (nSPS) is 12.4. The number of aliphatic hydroxyl groups is 1. The first-order chi connectivity index (χ1) is 13.0. The fourth-order valence-corrected chi connectivity index (χ4v) is 3.01. The monoisotopic (exact) mass is 363 g/mol. The molecule has 4 aromatic rings. The highest BCUT2D eigenvalue weighted by Gasteiger charge is 2.13. The number of aryl methyl sites for hydroxylation is 1. The smallest absolute Gasteiger partial charge is 0.276 e. The molecule has 0 radical (unpaired) electrons. The lowest BCUT2D eigenvalue weighted by molar-refractivity contribution is 0.155. The zero-order valence-electron chi connectivity index (χ0n) is 14.7. The van der Waals surface area contributed by atoms with Crippen molar-refractivity contribution in [1.82, 2.24) is 14.2 Å². The SMILES string of the molecule is Cc1ccc(-c2cc3c(=O)n(C[C@@H](O)c4ccc(F)cc4)ccn3n2)cc1. The molecule has 1 atom stereocenters. The van der Waals surface area contributed by atoms with Crippen LogP contribution in [0.1, 0.15) is 17.2 Å².